The first-order valence-corrected chi connectivity index (χ1v) is 13.2. The van der Waals surface area contributed by atoms with Gasteiger partial charge in [-0.2, -0.15) is 4.98 Å². The summed E-state index contributed by atoms with van der Waals surface area (Å²) in [4.78, 5) is 29.7. The summed E-state index contributed by atoms with van der Waals surface area (Å²) < 4.78 is 31.1. The summed E-state index contributed by atoms with van der Waals surface area (Å²) in [5.41, 5.74) is -0.596. The van der Waals surface area contributed by atoms with Gasteiger partial charge in [0.15, 0.2) is 5.82 Å². The van der Waals surface area contributed by atoms with Crippen molar-refractivity contribution >= 4 is 40.2 Å². The number of benzene rings is 2. The van der Waals surface area contributed by atoms with Crippen LogP contribution in [0.3, 0.4) is 0 Å². The Morgan fingerprint density at radius 2 is 1.85 bits per heavy atom. The van der Waals surface area contributed by atoms with Crippen molar-refractivity contribution in [2.45, 2.75) is 32.0 Å². The number of phenolic OH excluding ortho intramolecular Hbond substituents is 1. The maximum atomic E-state index is 16.3. The van der Waals surface area contributed by atoms with Gasteiger partial charge in [0.2, 0.25) is 11.9 Å². The molecule has 11 heteroatoms. The van der Waals surface area contributed by atoms with Crippen molar-refractivity contribution in [2.75, 3.05) is 50.1 Å². The molecular weight excluding hydrogens is 526 g/mol. The van der Waals surface area contributed by atoms with Crippen LogP contribution < -0.4 is 9.80 Å². The molecule has 206 valence electrons. The van der Waals surface area contributed by atoms with Gasteiger partial charge in [-0.15, -0.1) is 0 Å². The Morgan fingerprint density at radius 3 is 2.49 bits per heavy atom. The number of likely N-dealkylation sites (N-methyl/N-ethyl adjacent to an activating group) is 1. The zero-order valence-electron chi connectivity index (χ0n) is 22.3. The average molecular weight is 557 g/mol. The van der Waals surface area contributed by atoms with Crippen molar-refractivity contribution in [1.29, 1.82) is 0 Å². The van der Waals surface area contributed by atoms with Gasteiger partial charge in [0.1, 0.15) is 22.9 Å². The van der Waals surface area contributed by atoms with Gasteiger partial charge in [-0.05, 0) is 52.2 Å². The van der Waals surface area contributed by atoms with E-state index in [0.29, 0.717) is 49.4 Å². The number of halogens is 3. The van der Waals surface area contributed by atoms with E-state index in [1.54, 1.807) is 4.90 Å². The van der Waals surface area contributed by atoms with Crippen LogP contribution in [0.5, 0.6) is 5.75 Å². The van der Waals surface area contributed by atoms with Gasteiger partial charge in [-0.1, -0.05) is 24.2 Å². The summed E-state index contributed by atoms with van der Waals surface area (Å²) in [5.74, 6) is -1.38. The largest absolute Gasteiger partial charge is 0.507 e. The van der Waals surface area contributed by atoms with Crippen molar-refractivity contribution < 1.29 is 18.7 Å². The summed E-state index contributed by atoms with van der Waals surface area (Å²) >= 11 is 6.57. The fourth-order valence-electron chi connectivity index (χ4n) is 5.31. The third kappa shape index (κ3) is 4.65. The van der Waals surface area contributed by atoms with E-state index < -0.39 is 17.4 Å². The molecule has 0 saturated carbocycles. The molecule has 0 bridgehead atoms. The van der Waals surface area contributed by atoms with Gasteiger partial charge in [-0.3, -0.25) is 4.79 Å². The van der Waals surface area contributed by atoms with Crippen molar-refractivity contribution in [1.82, 2.24) is 19.8 Å². The number of hydrogen-bond acceptors (Lipinski definition) is 7. The maximum Gasteiger partial charge on any atom is 0.246 e. The van der Waals surface area contributed by atoms with E-state index >= 15 is 4.39 Å². The highest BCUT2D eigenvalue weighted by atomic mass is 35.5. The summed E-state index contributed by atoms with van der Waals surface area (Å²) in [5, 5.41) is 10.7. The second-order valence-electron chi connectivity index (χ2n) is 10.5. The number of hydrogen-bond donors (Lipinski definition) is 1. The second-order valence-corrected chi connectivity index (χ2v) is 10.9. The Kier molecular flexibility index (Phi) is 7.11. The van der Waals surface area contributed by atoms with Gasteiger partial charge in [0, 0.05) is 55.3 Å². The van der Waals surface area contributed by atoms with Crippen LogP contribution in [-0.2, 0) is 4.79 Å². The minimum absolute atomic E-state index is 0.0187. The fraction of sp³-hybridized carbons (Fsp3) is 0.393. The van der Waals surface area contributed by atoms with Crippen LogP contribution in [0.2, 0.25) is 5.02 Å². The van der Waals surface area contributed by atoms with E-state index in [1.165, 1.54) is 24.3 Å². The molecule has 8 nitrogen and oxygen atoms in total. The lowest BCUT2D eigenvalue weighted by molar-refractivity contribution is -0.128. The number of rotatable bonds is 5. The van der Waals surface area contributed by atoms with Crippen molar-refractivity contribution in [3.63, 3.8) is 0 Å². The zero-order valence-corrected chi connectivity index (χ0v) is 23.1. The van der Waals surface area contributed by atoms with Crippen LogP contribution >= 0.6 is 11.6 Å². The minimum Gasteiger partial charge on any atom is -0.507 e. The number of aromatic hydroxyl groups is 1. The Morgan fingerprint density at radius 1 is 1.13 bits per heavy atom. The predicted octanol–water partition coefficient (Wildman–Crippen LogP) is 4.30. The molecule has 3 heterocycles. The molecule has 2 atom stereocenters. The first kappa shape index (κ1) is 27.1. The van der Waals surface area contributed by atoms with Crippen LogP contribution in [0.1, 0.15) is 13.8 Å². The summed E-state index contributed by atoms with van der Waals surface area (Å²) in [6.45, 7) is 9.73. The van der Waals surface area contributed by atoms with Crippen LogP contribution in [0.4, 0.5) is 20.5 Å². The first-order valence-electron chi connectivity index (χ1n) is 12.8. The molecule has 0 aliphatic carbocycles. The second kappa shape index (κ2) is 10.2. The highest BCUT2D eigenvalue weighted by Crippen LogP contribution is 2.43. The molecule has 5 rings (SSSR count). The van der Waals surface area contributed by atoms with E-state index in [0.717, 1.165) is 6.07 Å². The molecule has 2 aliphatic rings. The number of fused-ring (bicyclic) bond motifs is 1. The SMILES string of the molecule is C=CC(=O)N1C[C@H](C)N(c2nc(N3CC(N(C)C)C3)nc3c(F)c(-c4c(O)cccc4F)c(Cl)cc23)C[C@@H]1C. The van der Waals surface area contributed by atoms with Crippen molar-refractivity contribution in [2.24, 2.45) is 0 Å². The number of piperazine rings is 1. The third-order valence-electron chi connectivity index (χ3n) is 7.68. The molecule has 0 radical (unpaired) electrons. The first-order chi connectivity index (χ1) is 18.5. The number of aromatic nitrogens is 2. The van der Waals surface area contributed by atoms with Gasteiger partial charge in [0.25, 0.3) is 0 Å². The quantitative estimate of drug-likeness (QED) is 0.470. The zero-order chi connectivity index (χ0) is 28.2. The summed E-state index contributed by atoms with van der Waals surface area (Å²) in [7, 11) is 3.99. The molecule has 1 aromatic heterocycles. The van der Waals surface area contributed by atoms with E-state index in [1.807, 2.05) is 37.7 Å². The molecule has 1 amide bonds. The highest BCUT2D eigenvalue weighted by Gasteiger charge is 2.36. The number of carbonyl (C=O) groups excluding carboxylic acids is 1. The minimum atomic E-state index is -0.839. The summed E-state index contributed by atoms with van der Waals surface area (Å²) in [6, 6.07) is 5.28. The number of anilines is 2. The lowest BCUT2D eigenvalue weighted by atomic mass is 10.00. The van der Waals surface area contributed by atoms with E-state index in [-0.39, 0.29) is 39.7 Å². The predicted molar refractivity (Wildman–Crippen MR) is 149 cm³/mol. The molecule has 1 N–H and O–H groups in total. The average Bonchev–Trinajstić information content (AvgIpc) is 2.85. The van der Waals surface area contributed by atoms with E-state index in [4.69, 9.17) is 16.6 Å². The van der Waals surface area contributed by atoms with Crippen LogP contribution in [-0.4, -0.2) is 89.2 Å². The van der Waals surface area contributed by atoms with Gasteiger partial charge in [0.05, 0.1) is 10.6 Å². The molecule has 3 aromatic rings. The van der Waals surface area contributed by atoms with E-state index in [9.17, 15) is 14.3 Å². The molecule has 0 unspecified atom stereocenters. The van der Waals surface area contributed by atoms with Gasteiger partial charge < -0.3 is 24.7 Å². The Bertz CT molecular complexity index is 1440. The molecule has 0 spiro atoms. The van der Waals surface area contributed by atoms with Gasteiger partial charge in [-0.25, -0.2) is 13.8 Å². The Hall–Kier alpha value is -3.50. The van der Waals surface area contributed by atoms with Crippen molar-refractivity contribution in [3.05, 3.63) is 53.6 Å². The molecule has 2 aliphatic heterocycles. The molecule has 2 saturated heterocycles. The monoisotopic (exact) mass is 556 g/mol. The van der Waals surface area contributed by atoms with E-state index in [2.05, 4.69) is 16.5 Å². The number of amides is 1. The fourth-order valence-corrected chi connectivity index (χ4v) is 5.60. The van der Waals surface area contributed by atoms with Gasteiger partial charge >= 0.3 is 0 Å². The molecule has 2 aromatic carbocycles. The third-order valence-corrected chi connectivity index (χ3v) is 7.98. The van der Waals surface area contributed by atoms with Crippen molar-refractivity contribution in [3.8, 4) is 16.9 Å². The van der Waals surface area contributed by atoms with Crippen LogP contribution in [0, 0.1) is 11.6 Å². The lowest BCUT2D eigenvalue weighted by Crippen LogP contribution is -2.59. The standard InChI is InChI=1S/C28H31ClF2N6O2/c1-6-22(39)36-11-16(3)37(12-15(36)2)27-18-10-19(29)23(24-20(30)8-7-9-21(24)38)25(31)26(18)32-28(33-27)35-13-17(14-35)34(4)5/h6-10,15-17,38H,1,11-14H2,2-5H3/t15-,16-/m0/s1. The lowest BCUT2D eigenvalue weighted by Gasteiger charge is -2.45. The molecule has 39 heavy (non-hydrogen) atoms. The maximum absolute atomic E-state index is 16.3. The molecule has 2 fully saturated rings. The number of carbonyl (C=O) groups is 1. The van der Waals surface area contributed by atoms with Crippen LogP contribution in [0.15, 0.2) is 36.9 Å². The normalized spacial score (nSPS) is 20.1. The topological polar surface area (TPSA) is 76.0 Å². The molecular formula is C28H31ClF2N6O2. The smallest absolute Gasteiger partial charge is 0.246 e. The number of phenols is 1. The number of nitrogens with zero attached hydrogens (tertiary/aromatic N) is 6. The van der Waals surface area contributed by atoms with Crippen LogP contribution in [0.25, 0.3) is 22.0 Å². The Labute approximate surface area is 231 Å². The Balaban J connectivity index is 1.68. The summed E-state index contributed by atoms with van der Waals surface area (Å²) in [6.07, 6.45) is 1.30. The highest BCUT2D eigenvalue weighted by molar-refractivity contribution is 6.34.